The molecule has 0 bridgehead atoms. The highest BCUT2D eigenvalue weighted by molar-refractivity contribution is 7.10. The lowest BCUT2D eigenvalue weighted by atomic mass is 9.69. The van der Waals surface area contributed by atoms with Crippen molar-refractivity contribution in [3.8, 4) is 11.5 Å². The monoisotopic (exact) mass is 439 g/mol. The van der Waals surface area contributed by atoms with E-state index >= 15 is 0 Å². The van der Waals surface area contributed by atoms with Crippen molar-refractivity contribution in [3.05, 3.63) is 69.2 Å². The van der Waals surface area contributed by atoms with Gasteiger partial charge in [-0.1, -0.05) is 12.1 Å². The molecule has 0 amide bonds. The maximum atomic E-state index is 13.5. The summed E-state index contributed by atoms with van der Waals surface area (Å²) in [5, 5.41) is 5.34. The van der Waals surface area contributed by atoms with Crippen molar-refractivity contribution >= 4 is 23.1 Å². The summed E-state index contributed by atoms with van der Waals surface area (Å²) in [6.45, 7) is 1.84. The fourth-order valence-corrected chi connectivity index (χ4v) is 5.36. The van der Waals surface area contributed by atoms with Crippen LogP contribution in [0.1, 0.15) is 35.6 Å². The number of hydrogen-bond donors (Lipinski definition) is 1. The Morgan fingerprint density at radius 2 is 1.94 bits per heavy atom. The van der Waals surface area contributed by atoms with Gasteiger partial charge in [0.1, 0.15) is 17.3 Å². The number of ketones is 1. The third-order valence-corrected chi connectivity index (χ3v) is 6.95. The summed E-state index contributed by atoms with van der Waals surface area (Å²) in [7, 11) is 4.51. The van der Waals surface area contributed by atoms with Crippen molar-refractivity contribution < 1.29 is 23.8 Å². The van der Waals surface area contributed by atoms with Gasteiger partial charge in [0.05, 0.1) is 32.8 Å². The Bertz CT molecular complexity index is 1070. The van der Waals surface area contributed by atoms with Crippen LogP contribution in [-0.2, 0) is 14.3 Å². The van der Waals surface area contributed by atoms with Crippen LogP contribution in [0, 0.1) is 5.92 Å². The summed E-state index contributed by atoms with van der Waals surface area (Å²) in [4.78, 5) is 27.5. The first kappa shape index (κ1) is 21.2. The van der Waals surface area contributed by atoms with Crippen LogP contribution >= 0.6 is 11.3 Å². The van der Waals surface area contributed by atoms with Gasteiger partial charge in [-0.05, 0) is 36.6 Å². The highest BCUT2D eigenvalue weighted by Gasteiger charge is 2.46. The summed E-state index contributed by atoms with van der Waals surface area (Å²) >= 11 is 1.64. The lowest BCUT2D eigenvalue weighted by Crippen LogP contribution is -2.41. The van der Waals surface area contributed by atoms with E-state index in [1.807, 2.05) is 30.5 Å². The molecule has 0 spiro atoms. The first-order valence-corrected chi connectivity index (χ1v) is 10.9. The third-order valence-electron chi connectivity index (χ3n) is 5.95. The topological polar surface area (TPSA) is 73.9 Å². The van der Waals surface area contributed by atoms with Gasteiger partial charge in [-0.25, -0.2) is 4.79 Å². The predicted molar refractivity (Wildman–Crippen MR) is 118 cm³/mol. The zero-order valence-corrected chi connectivity index (χ0v) is 18.7. The van der Waals surface area contributed by atoms with E-state index < -0.39 is 17.8 Å². The minimum absolute atomic E-state index is 0.0200. The molecule has 2 aromatic rings. The van der Waals surface area contributed by atoms with E-state index in [9.17, 15) is 9.59 Å². The zero-order chi connectivity index (χ0) is 22.1. The van der Waals surface area contributed by atoms with E-state index in [1.54, 1.807) is 37.7 Å². The summed E-state index contributed by atoms with van der Waals surface area (Å²) in [6, 6.07) is 9.47. The quantitative estimate of drug-likeness (QED) is 0.706. The minimum Gasteiger partial charge on any atom is -0.497 e. The second-order valence-electron chi connectivity index (χ2n) is 7.63. The molecular formula is C24H25NO5S. The Balaban J connectivity index is 1.91. The molecule has 1 N–H and O–H groups in total. The number of carbonyl (C=O) groups is 2. The van der Waals surface area contributed by atoms with E-state index in [1.165, 1.54) is 7.11 Å². The minimum atomic E-state index is -0.540. The van der Waals surface area contributed by atoms with Gasteiger partial charge in [-0.15, -0.1) is 11.3 Å². The van der Waals surface area contributed by atoms with Gasteiger partial charge in [0, 0.05) is 40.1 Å². The number of thiophene rings is 1. The molecule has 0 radical (unpaired) electrons. The number of benzene rings is 1. The molecule has 1 aromatic heterocycles. The van der Waals surface area contributed by atoms with Crippen molar-refractivity contribution in [2.75, 3.05) is 21.3 Å². The normalized spacial score (nSPS) is 22.9. The fraction of sp³-hybridized carbons (Fsp3) is 0.333. The van der Waals surface area contributed by atoms with Crippen LogP contribution in [0.5, 0.6) is 11.5 Å². The molecule has 1 aromatic carbocycles. The van der Waals surface area contributed by atoms with Gasteiger partial charge in [0.2, 0.25) is 0 Å². The predicted octanol–water partition coefficient (Wildman–Crippen LogP) is 4.16. The lowest BCUT2D eigenvalue weighted by Gasteiger charge is -2.39. The molecule has 3 unspecified atom stereocenters. The summed E-state index contributed by atoms with van der Waals surface area (Å²) in [5.41, 5.74) is 2.64. The number of allylic oxidation sites excluding steroid dienone is 3. The van der Waals surface area contributed by atoms with Gasteiger partial charge in [0.25, 0.3) is 0 Å². The average Bonchev–Trinajstić information content (AvgIpc) is 3.32. The molecule has 0 saturated heterocycles. The van der Waals surface area contributed by atoms with Gasteiger partial charge < -0.3 is 19.5 Å². The number of fused-ring (bicyclic) bond motifs is 1. The molecule has 0 fully saturated rings. The number of hydrogen-bond acceptors (Lipinski definition) is 7. The molecule has 7 heteroatoms. The Morgan fingerprint density at radius 3 is 2.58 bits per heavy atom. The van der Waals surface area contributed by atoms with E-state index in [-0.39, 0.29) is 11.7 Å². The zero-order valence-electron chi connectivity index (χ0n) is 17.9. The molecule has 6 nitrogen and oxygen atoms in total. The molecule has 3 atom stereocenters. The van der Waals surface area contributed by atoms with E-state index in [0.717, 1.165) is 16.1 Å². The first-order chi connectivity index (χ1) is 15.0. The molecule has 2 heterocycles. The molecule has 0 saturated carbocycles. The van der Waals surface area contributed by atoms with E-state index in [2.05, 4.69) is 11.4 Å². The van der Waals surface area contributed by atoms with Gasteiger partial charge in [0.15, 0.2) is 0 Å². The summed E-state index contributed by atoms with van der Waals surface area (Å²) in [6.07, 6.45) is 2.50. The highest BCUT2D eigenvalue weighted by atomic mass is 32.1. The summed E-state index contributed by atoms with van der Waals surface area (Å²) in [5.74, 6) is -0.224. The van der Waals surface area contributed by atoms with Crippen LogP contribution in [-0.4, -0.2) is 33.1 Å². The lowest BCUT2D eigenvalue weighted by molar-refractivity contribution is -0.136. The number of Topliss-reactive ketones (excluding diaryl/α,β-unsaturated/α-hetero) is 1. The van der Waals surface area contributed by atoms with Crippen molar-refractivity contribution in [2.45, 2.75) is 25.2 Å². The molecule has 162 valence electrons. The Labute approximate surface area is 185 Å². The molecule has 4 rings (SSSR count). The SMILES string of the molecule is COC(=O)C1=C(C)NC2=CC(c3cccs3)CC(=O)C2C1c1cc(OC)ccc1OC. The number of methoxy groups -OCH3 is 3. The number of esters is 1. The molecule has 1 aliphatic carbocycles. The highest BCUT2D eigenvalue weighted by Crippen LogP contribution is 2.49. The number of rotatable bonds is 5. The first-order valence-electron chi connectivity index (χ1n) is 10.0. The van der Waals surface area contributed by atoms with E-state index in [0.29, 0.717) is 29.2 Å². The summed E-state index contributed by atoms with van der Waals surface area (Å²) < 4.78 is 16.1. The molecule has 1 aliphatic heterocycles. The Morgan fingerprint density at radius 1 is 1.13 bits per heavy atom. The molecular weight excluding hydrogens is 414 g/mol. The van der Waals surface area contributed by atoms with E-state index in [4.69, 9.17) is 14.2 Å². The van der Waals surface area contributed by atoms with Crippen LogP contribution in [0.3, 0.4) is 0 Å². The van der Waals surface area contributed by atoms with Crippen LogP contribution in [0.15, 0.2) is 58.8 Å². The Kier molecular flexibility index (Phi) is 5.87. The number of carbonyl (C=O) groups excluding carboxylic acids is 2. The smallest absolute Gasteiger partial charge is 0.336 e. The average molecular weight is 440 g/mol. The maximum absolute atomic E-state index is 13.5. The van der Waals surface area contributed by atoms with Crippen molar-refractivity contribution in [1.29, 1.82) is 0 Å². The number of nitrogens with one attached hydrogen (secondary N) is 1. The van der Waals surface area contributed by atoms with Crippen molar-refractivity contribution in [2.24, 2.45) is 5.92 Å². The van der Waals surface area contributed by atoms with Crippen LogP contribution in [0.25, 0.3) is 0 Å². The maximum Gasteiger partial charge on any atom is 0.336 e. The molecule has 31 heavy (non-hydrogen) atoms. The largest absolute Gasteiger partial charge is 0.497 e. The van der Waals surface area contributed by atoms with Gasteiger partial charge in [-0.3, -0.25) is 4.79 Å². The van der Waals surface area contributed by atoms with Gasteiger partial charge >= 0.3 is 5.97 Å². The molecule has 2 aliphatic rings. The van der Waals surface area contributed by atoms with Gasteiger partial charge in [-0.2, -0.15) is 0 Å². The van der Waals surface area contributed by atoms with Crippen LogP contribution in [0.2, 0.25) is 0 Å². The van der Waals surface area contributed by atoms with Crippen LogP contribution in [0.4, 0.5) is 0 Å². The second-order valence-corrected chi connectivity index (χ2v) is 8.61. The fourth-order valence-electron chi connectivity index (χ4n) is 4.56. The Hall–Kier alpha value is -3.06. The van der Waals surface area contributed by atoms with Crippen molar-refractivity contribution in [3.63, 3.8) is 0 Å². The van der Waals surface area contributed by atoms with Crippen LogP contribution < -0.4 is 14.8 Å². The standard InChI is InChI=1S/C24H25NO5S/c1-13-21(24(27)30-4)22(16-12-15(28-2)7-8-19(16)29-3)23-17(25-13)10-14(11-18(23)26)20-6-5-9-31-20/h5-10,12,14,22-23,25H,11H2,1-4H3. The third kappa shape index (κ3) is 3.74. The van der Waals surface area contributed by atoms with Crippen molar-refractivity contribution in [1.82, 2.24) is 5.32 Å². The number of ether oxygens (including phenoxy) is 3. The second kappa shape index (κ2) is 8.59.